The number of rotatable bonds is 6. The summed E-state index contributed by atoms with van der Waals surface area (Å²) < 4.78 is 0. The molecular weight excluding hydrogens is 218 g/mol. The lowest BCUT2D eigenvalue weighted by molar-refractivity contribution is 0.0754. The molecule has 0 atom stereocenters. The van der Waals surface area contributed by atoms with Gasteiger partial charge in [0.2, 0.25) is 5.56 Å². The molecule has 0 unspecified atom stereocenters. The van der Waals surface area contributed by atoms with Gasteiger partial charge >= 0.3 is 0 Å². The third-order valence-corrected chi connectivity index (χ3v) is 2.43. The normalized spacial score (nSPS) is 10.2. The quantitative estimate of drug-likeness (QED) is 0.759. The van der Waals surface area contributed by atoms with Crippen molar-refractivity contribution in [1.29, 1.82) is 0 Å². The summed E-state index contributed by atoms with van der Waals surface area (Å²) >= 11 is 0. The van der Waals surface area contributed by atoms with E-state index >= 15 is 0 Å². The van der Waals surface area contributed by atoms with Crippen LogP contribution in [0.1, 0.15) is 30.1 Å². The van der Waals surface area contributed by atoms with E-state index in [2.05, 4.69) is 4.98 Å². The Kier molecular flexibility index (Phi) is 5.42. The number of aromatic nitrogens is 1. The maximum absolute atomic E-state index is 12.1. The summed E-state index contributed by atoms with van der Waals surface area (Å²) in [6, 6.07) is 2.95. The minimum absolute atomic E-state index is 0.105. The fourth-order valence-electron chi connectivity index (χ4n) is 1.63. The summed E-state index contributed by atoms with van der Waals surface area (Å²) in [5.41, 5.74) is 5.61. The van der Waals surface area contributed by atoms with Gasteiger partial charge in [-0.2, -0.15) is 0 Å². The first-order valence-electron chi connectivity index (χ1n) is 5.87. The molecule has 0 saturated carbocycles. The van der Waals surface area contributed by atoms with E-state index in [1.54, 1.807) is 11.0 Å². The van der Waals surface area contributed by atoms with Crippen LogP contribution in [-0.4, -0.2) is 35.4 Å². The zero-order valence-corrected chi connectivity index (χ0v) is 10.1. The van der Waals surface area contributed by atoms with Gasteiger partial charge in [0.25, 0.3) is 5.91 Å². The highest BCUT2D eigenvalue weighted by molar-refractivity contribution is 5.94. The second kappa shape index (κ2) is 6.85. The summed E-state index contributed by atoms with van der Waals surface area (Å²) in [6.45, 7) is 3.89. The number of H-pyrrole nitrogens is 1. The molecule has 5 heteroatoms. The molecule has 0 fully saturated rings. The first kappa shape index (κ1) is 13.4. The molecule has 0 aliphatic rings. The number of nitrogens with one attached hydrogen (secondary N) is 1. The monoisotopic (exact) mass is 237 g/mol. The molecule has 1 aromatic heterocycles. The highest BCUT2D eigenvalue weighted by atomic mass is 16.2. The largest absolute Gasteiger partial charge is 0.339 e. The first-order chi connectivity index (χ1) is 8.19. The summed E-state index contributed by atoms with van der Waals surface area (Å²) in [5.74, 6) is -0.105. The summed E-state index contributed by atoms with van der Waals surface area (Å²) in [7, 11) is 0. The van der Waals surface area contributed by atoms with E-state index in [1.807, 2.05) is 6.92 Å². The predicted octanol–water partition coefficient (Wildman–Crippen LogP) is 0.576. The molecule has 5 nitrogen and oxygen atoms in total. The lowest BCUT2D eigenvalue weighted by atomic mass is 10.2. The van der Waals surface area contributed by atoms with Gasteiger partial charge in [0.05, 0.1) is 0 Å². The van der Waals surface area contributed by atoms with Gasteiger partial charge in [0.15, 0.2) is 0 Å². The zero-order valence-electron chi connectivity index (χ0n) is 10.1. The molecule has 0 aliphatic heterocycles. The van der Waals surface area contributed by atoms with E-state index in [-0.39, 0.29) is 11.5 Å². The van der Waals surface area contributed by atoms with Crippen LogP contribution in [0, 0.1) is 0 Å². The highest BCUT2D eigenvalue weighted by Crippen LogP contribution is 2.03. The summed E-state index contributed by atoms with van der Waals surface area (Å²) in [4.78, 5) is 27.5. The lowest BCUT2D eigenvalue weighted by Crippen LogP contribution is -2.34. The van der Waals surface area contributed by atoms with Crippen LogP contribution in [-0.2, 0) is 0 Å². The Hall–Kier alpha value is -1.62. The van der Waals surface area contributed by atoms with E-state index in [9.17, 15) is 9.59 Å². The van der Waals surface area contributed by atoms with Crippen molar-refractivity contribution in [2.75, 3.05) is 19.6 Å². The van der Waals surface area contributed by atoms with E-state index in [0.29, 0.717) is 25.2 Å². The molecule has 1 heterocycles. The third-order valence-electron chi connectivity index (χ3n) is 2.43. The maximum atomic E-state index is 12.1. The Morgan fingerprint density at radius 2 is 2.24 bits per heavy atom. The summed E-state index contributed by atoms with van der Waals surface area (Å²) in [6.07, 6.45) is 3.15. The Balaban J connectivity index is 2.79. The average Bonchev–Trinajstić information content (AvgIpc) is 2.33. The number of hydrogen-bond acceptors (Lipinski definition) is 3. The smallest absolute Gasteiger partial charge is 0.254 e. The van der Waals surface area contributed by atoms with Gasteiger partial charge < -0.3 is 15.6 Å². The van der Waals surface area contributed by atoms with Gasteiger partial charge in [0, 0.05) is 30.9 Å². The van der Waals surface area contributed by atoms with Crippen molar-refractivity contribution in [2.45, 2.75) is 19.8 Å². The number of hydrogen-bond donors (Lipinski definition) is 2. The molecule has 17 heavy (non-hydrogen) atoms. The molecule has 0 aliphatic carbocycles. The molecule has 1 amide bonds. The Labute approximate surface area is 101 Å². The zero-order chi connectivity index (χ0) is 12.7. The van der Waals surface area contributed by atoms with Crippen molar-refractivity contribution >= 4 is 5.91 Å². The van der Waals surface area contributed by atoms with Crippen LogP contribution < -0.4 is 11.3 Å². The van der Waals surface area contributed by atoms with Crippen LogP contribution in [0.4, 0.5) is 0 Å². The first-order valence-corrected chi connectivity index (χ1v) is 5.87. The topological polar surface area (TPSA) is 79.2 Å². The minimum Gasteiger partial charge on any atom is -0.339 e. The van der Waals surface area contributed by atoms with Gasteiger partial charge in [-0.25, -0.2) is 0 Å². The van der Waals surface area contributed by atoms with E-state index < -0.39 is 0 Å². The van der Waals surface area contributed by atoms with Crippen LogP contribution in [0.25, 0.3) is 0 Å². The van der Waals surface area contributed by atoms with E-state index in [4.69, 9.17) is 5.73 Å². The number of carbonyl (C=O) groups is 1. The molecule has 0 aromatic carbocycles. The lowest BCUT2D eigenvalue weighted by Gasteiger charge is -2.21. The van der Waals surface area contributed by atoms with Gasteiger partial charge in [-0.3, -0.25) is 9.59 Å². The fourth-order valence-corrected chi connectivity index (χ4v) is 1.63. The number of aromatic amines is 1. The van der Waals surface area contributed by atoms with Gasteiger partial charge in [-0.15, -0.1) is 0 Å². The van der Waals surface area contributed by atoms with Gasteiger partial charge in [-0.05, 0) is 25.5 Å². The molecule has 0 saturated heterocycles. The number of amides is 1. The molecule has 0 radical (unpaired) electrons. The molecule has 1 rings (SSSR count). The van der Waals surface area contributed by atoms with Crippen LogP contribution in [0.3, 0.4) is 0 Å². The third kappa shape index (κ3) is 4.03. The molecule has 1 aromatic rings. The standard InChI is InChI=1S/C12H19N3O2/c1-2-7-15(8-3-5-13)12(17)10-4-6-14-11(16)9-10/h4,6,9H,2-3,5,7-8,13H2,1H3,(H,14,16). The van der Waals surface area contributed by atoms with Crippen LogP contribution >= 0.6 is 0 Å². The van der Waals surface area contributed by atoms with Crippen LogP contribution in [0.5, 0.6) is 0 Å². The van der Waals surface area contributed by atoms with Crippen molar-refractivity contribution in [3.8, 4) is 0 Å². The second-order valence-corrected chi connectivity index (χ2v) is 3.88. The van der Waals surface area contributed by atoms with Crippen LogP contribution in [0.2, 0.25) is 0 Å². The number of carbonyl (C=O) groups excluding carboxylic acids is 1. The Morgan fingerprint density at radius 3 is 2.82 bits per heavy atom. The average molecular weight is 237 g/mol. The Morgan fingerprint density at radius 1 is 1.47 bits per heavy atom. The van der Waals surface area contributed by atoms with Crippen molar-refractivity contribution in [1.82, 2.24) is 9.88 Å². The molecule has 94 valence electrons. The fraction of sp³-hybridized carbons (Fsp3) is 0.500. The van der Waals surface area contributed by atoms with Crippen molar-refractivity contribution in [3.63, 3.8) is 0 Å². The summed E-state index contributed by atoms with van der Waals surface area (Å²) in [5, 5.41) is 0. The SMILES string of the molecule is CCCN(CCCN)C(=O)c1cc[nH]c(=O)c1. The molecule has 0 bridgehead atoms. The maximum Gasteiger partial charge on any atom is 0.254 e. The van der Waals surface area contributed by atoms with E-state index in [0.717, 1.165) is 12.8 Å². The molecule has 0 spiro atoms. The Bertz CT molecular complexity index is 414. The predicted molar refractivity (Wildman–Crippen MR) is 66.9 cm³/mol. The number of nitrogens with two attached hydrogens (primary N) is 1. The second-order valence-electron chi connectivity index (χ2n) is 3.88. The number of pyridine rings is 1. The van der Waals surface area contributed by atoms with E-state index in [1.165, 1.54) is 12.3 Å². The van der Waals surface area contributed by atoms with Gasteiger partial charge in [0.1, 0.15) is 0 Å². The molecular formula is C12H19N3O2. The number of nitrogens with zero attached hydrogens (tertiary/aromatic N) is 1. The minimum atomic E-state index is -0.258. The van der Waals surface area contributed by atoms with Crippen molar-refractivity contribution in [2.24, 2.45) is 5.73 Å². The van der Waals surface area contributed by atoms with Crippen LogP contribution in [0.15, 0.2) is 23.1 Å². The highest BCUT2D eigenvalue weighted by Gasteiger charge is 2.14. The van der Waals surface area contributed by atoms with Crippen molar-refractivity contribution in [3.05, 3.63) is 34.2 Å². The van der Waals surface area contributed by atoms with Crippen molar-refractivity contribution < 1.29 is 4.79 Å². The van der Waals surface area contributed by atoms with Gasteiger partial charge in [-0.1, -0.05) is 6.92 Å². The molecule has 3 N–H and O–H groups in total.